The van der Waals surface area contributed by atoms with Crippen molar-refractivity contribution in [3.63, 3.8) is 0 Å². The Morgan fingerprint density at radius 2 is 2.05 bits per heavy atom. The summed E-state index contributed by atoms with van der Waals surface area (Å²) in [5.41, 5.74) is 5.38. The van der Waals surface area contributed by atoms with Gasteiger partial charge < -0.3 is 10.3 Å². The summed E-state index contributed by atoms with van der Waals surface area (Å²) in [4.78, 5) is 15.8. The predicted molar refractivity (Wildman–Crippen MR) is 85.4 cm³/mol. The van der Waals surface area contributed by atoms with E-state index in [4.69, 9.17) is 10.3 Å². The Labute approximate surface area is 133 Å². The number of amides is 1. The average Bonchev–Trinajstić information content (AvgIpc) is 2.97. The van der Waals surface area contributed by atoms with Gasteiger partial charge in [-0.15, -0.1) is 0 Å². The summed E-state index contributed by atoms with van der Waals surface area (Å²) in [6.07, 6.45) is 10.4. The predicted octanol–water partition coefficient (Wildman–Crippen LogP) is 3.90. The van der Waals surface area contributed by atoms with Crippen LogP contribution in [-0.2, 0) is 4.79 Å². The molecule has 22 heavy (non-hydrogen) atoms. The van der Waals surface area contributed by atoms with Gasteiger partial charge in [0.2, 0.25) is 11.8 Å². The van der Waals surface area contributed by atoms with E-state index in [1.165, 1.54) is 38.5 Å². The fraction of sp³-hybridized carbons (Fsp3) is 0.824. The summed E-state index contributed by atoms with van der Waals surface area (Å²) in [5, 5.41) is 4.00. The lowest BCUT2D eigenvalue weighted by Gasteiger charge is -2.22. The highest BCUT2D eigenvalue weighted by molar-refractivity contribution is 5.74. The zero-order valence-electron chi connectivity index (χ0n) is 13.9. The van der Waals surface area contributed by atoms with Gasteiger partial charge in [0.05, 0.1) is 0 Å². The number of rotatable bonds is 8. The smallest absolute Gasteiger partial charge is 0.230 e. The average molecular weight is 307 g/mol. The summed E-state index contributed by atoms with van der Waals surface area (Å²) < 4.78 is 5.36. The second-order valence-electron chi connectivity index (χ2n) is 6.95. The summed E-state index contributed by atoms with van der Waals surface area (Å²) in [7, 11) is 0. The molecule has 1 fully saturated rings. The molecule has 0 spiro atoms. The molecule has 1 heterocycles. The van der Waals surface area contributed by atoms with Crippen LogP contribution in [0.3, 0.4) is 0 Å². The lowest BCUT2D eigenvalue weighted by molar-refractivity contribution is -0.118. The van der Waals surface area contributed by atoms with Crippen LogP contribution in [0.15, 0.2) is 4.52 Å². The van der Waals surface area contributed by atoms with Gasteiger partial charge in [0.1, 0.15) is 0 Å². The molecule has 2 rings (SSSR count). The van der Waals surface area contributed by atoms with Crippen molar-refractivity contribution in [3.05, 3.63) is 11.7 Å². The van der Waals surface area contributed by atoms with Crippen LogP contribution < -0.4 is 5.73 Å². The van der Waals surface area contributed by atoms with Gasteiger partial charge in [-0.2, -0.15) is 4.98 Å². The van der Waals surface area contributed by atoms with Gasteiger partial charge in [0.25, 0.3) is 0 Å². The van der Waals surface area contributed by atoms with Crippen molar-refractivity contribution in [2.75, 3.05) is 0 Å². The molecule has 2 N–H and O–H groups in total. The van der Waals surface area contributed by atoms with Gasteiger partial charge in [-0.05, 0) is 12.3 Å². The number of nitrogens with zero attached hydrogens (tertiary/aromatic N) is 2. The second kappa shape index (κ2) is 8.30. The van der Waals surface area contributed by atoms with Crippen LogP contribution >= 0.6 is 0 Å². The van der Waals surface area contributed by atoms with Gasteiger partial charge in [-0.3, -0.25) is 4.79 Å². The number of aromatic nitrogens is 2. The maximum atomic E-state index is 11.3. The van der Waals surface area contributed by atoms with Gasteiger partial charge >= 0.3 is 0 Å². The lowest BCUT2D eigenvalue weighted by atomic mass is 9.84. The van der Waals surface area contributed by atoms with Crippen LogP contribution in [-0.4, -0.2) is 16.0 Å². The first kappa shape index (κ1) is 17.0. The van der Waals surface area contributed by atoms with Gasteiger partial charge in [0.15, 0.2) is 5.82 Å². The second-order valence-corrected chi connectivity index (χ2v) is 6.95. The quantitative estimate of drug-likeness (QED) is 0.789. The van der Waals surface area contributed by atoms with Crippen LogP contribution in [0.25, 0.3) is 0 Å². The van der Waals surface area contributed by atoms with E-state index < -0.39 is 0 Å². The molecule has 0 aliphatic heterocycles. The third-order valence-electron chi connectivity index (χ3n) is 4.66. The van der Waals surface area contributed by atoms with Crippen LogP contribution in [0.1, 0.15) is 95.2 Å². The van der Waals surface area contributed by atoms with Crippen molar-refractivity contribution in [2.45, 2.75) is 83.5 Å². The molecule has 124 valence electrons. The number of hydrogen-bond donors (Lipinski definition) is 1. The SMILES string of the molecule is CC(C)c1noc(C(CCCC2CCCCC2)CC(N)=O)n1. The summed E-state index contributed by atoms with van der Waals surface area (Å²) in [5.74, 6) is 2.04. The molecular formula is C17H29N3O2. The van der Waals surface area contributed by atoms with Crippen molar-refractivity contribution in [1.82, 2.24) is 10.1 Å². The summed E-state index contributed by atoms with van der Waals surface area (Å²) in [6.45, 7) is 4.06. The van der Waals surface area contributed by atoms with E-state index in [-0.39, 0.29) is 17.7 Å². The van der Waals surface area contributed by atoms with Crippen molar-refractivity contribution < 1.29 is 9.32 Å². The fourth-order valence-corrected chi connectivity index (χ4v) is 3.33. The first-order valence-corrected chi connectivity index (χ1v) is 8.68. The monoisotopic (exact) mass is 307 g/mol. The van der Waals surface area contributed by atoms with Crippen LogP contribution in [0.2, 0.25) is 0 Å². The largest absolute Gasteiger partial charge is 0.370 e. The Balaban J connectivity index is 1.88. The molecule has 1 aromatic heterocycles. The van der Waals surface area contributed by atoms with E-state index in [1.54, 1.807) is 0 Å². The van der Waals surface area contributed by atoms with Crippen molar-refractivity contribution >= 4 is 5.91 Å². The Hall–Kier alpha value is -1.39. The summed E-state index contributed by atoms with van der Waals surface area (Å²) >= 11 is 0. The number of carbonyl (C=O) groups excluding carboxylic acids is 1. The molecule has 1 aliphatic rings. The summed E-state index contributed by atoms with van der Waals surface area (Å²) in [6, 6.07) is 0. The lowest BCUT2D eigenvalue weighted by Crippen LogP contribution is -2.16. The highest BCUT2D eigenvalue weighted by Gasteiger charge is 2.23. The third-order valence-corrected chi connectivity index (χ3v) is 4.66. The van der Waals surface area contributed by atoms with Crippen molar-refractivity contribution in [2.24, 2.45) is 11.7 Å². The molecule has 1 amide bonds. The Morgan fingerprint density at radius 1 is 1.32 bits per heavy atom. The van der Waals surface area contributed by atoms with Crippen LogP contribution in [0.5, 0.6) is 0 Å². The molecule has 0 bridgehead atoms. The zero-order chi connectivity index (χ0) is 15.9. The minimum absolute atomic E-state index is 0.0268. The zero-order valence-corrected chi connectivity index (χ0v) is 13.9. The molecule has 1 atom stereocenters. The first-order chi connectivity index (χ1) is 10.6. The molecular weight excluding hydrogens is 278 g/mol. The van der Waals surface area contributed by atoms with E-state index in [1.807, 2.05) is 13.8 Å². The van der Waals surface area contributed by atoms with Gasteiger partial charge in [-0.25, -0.2) is 0 Å². The highest BCUT2D eigenvalue weighted by Crippen LogP contribution is 2.31. The Morgan fingerprint density at radius 3 is 2.64 bits per heavy atom. The van der Waals surface area contributed by atoms with E-state index >= 15 is 0 Å². The molecule has 1 aliphatic carbocycles. The molecule has 1 unspecified atom stereocenters. The standard InChI is InChI=1S/C17H29N3O2/c1-12(2)16-19-17(22-20-16)14(11-15(18)21)10-6-9-13-7-4-3-5-8-13/h12-14H,3-11H2,1-2H3,(H2,18,21). The van der Waals surface area contributed by atoms with Crippen molar-refractivity contribution in [3.8, 4) is 0 Å². The van der Waals surface area contributed by atoms with E-state index in [0.717, 1.165) is 18.8 Å². The number of hydrogen-bond acceptors (Lipinski definition) is 4. The molecule has 5 heteroatoms. The number of primary amides is 1. The van der Waals surface area contributed by atoms with E-state index in [9.17, 15) is 4.79 Å². The van der Waals surface area contributed by atoms with Gasteiger partial charge in [-0.1, -0.05) is 63.9 Å². The molecule has 1 aromatic rings. The third kappa shape index (κ3) is 5.11. The fourth-order valence-electron chi connectivity index (χ4n) is 3.33. The Bertz CT molecular complexity index is 464. The number of carbonyl (C=O) groups is 1. The van der Waals surface area contributed by atoms with E-state index in [2.05, 4.69) is 10.1 Å². The highest BCUT2D eigenvalue weighted by atomic mass is 16.5. The van der Waals surface area contributed by atoms with E-state index in [0.29, 0.717) is 18.1 Å². The first-order valence-electron chi connectivity index (χ1n) is 8.68. The topological polar surface area (TPSA) is 82.0 Å². The van der Waals surface area contributed by atoms with Crippen LogP contribution in [0.4, 0.5) is 0 Å². The Kier molecular flexibility index (Phi) is 6.40. The molecule has 1 saturated carbocycles. The normalized spacial score (nSPS) is 17.8. The minimum Gasteiger partial charge on any atom is -0.370 e. The van der Waals surface area contributed by atoms with Crippen molar-refractivity contribution in [1.29, 1.82) is 0 Å². The van der Waals surface area contributed by atoms with Crippen LogP contribution in [0, 0.1) is 5.92 Å². The maximum Gasteiger partial charge on any atom is 0.230 e. The molecule has 0 aromatic carbocycles. The molecule has 5 nitrogen and oxygen atoms in total. The van der Waals surface area contributed by atoms with Gasteiger partial charge in [0, 0.05) is 18.3 Å². The maximum absolute atomic E-state index is 11.3. The molecule has 0 radical (unpaired) electrons. The molecule has 0 saturated heterocycles. The minimum atomic E-state index is -0.299. The number of nitrogens with two attached hydrogens (primary N) is 1.